The zero-order valence-electron chi connectivity index (χ0n) is 19.7. The normalized spacial score (nSPS) is 17.9. The highest BCUT2D eigenvalue weighted by Crippen LogP contribution is 2.33. The minimum atomic E-state index is -0.988. The highest BCUT2D eigenvalue weighted by atomic mass is 16.3. The van der Waals surface area contributed by atoms with Gasteiger partial charge in [-0.25, -0.2) is 0 Å². The van der Waals surface area contributed by atoms with E-state index in [0.29, 0.717) is 37.0 Å². The van der Waals surface area contributed by atoms with Crippen LogP contribution in [0.2, 0.25) is 0 Å². The Morgan fingerprint density at radius 1 is 1.09 bits per heavy atom. The number of hydrogen-bond donors (Lipinski definition) is 1. The van der Waals surface area contributed by atoms with Crippen LogP contribution in [0.5, 0.6) is 0 Å². The van der Waals surface area contributed by atoms with Crippen molar-refractivity contribution in [3.05, 3.63) is 72.1 Å². The number of aromatic nitrogens is 1. The van der Waals surface area contributed by atoms with Gasteiger partial charge in [-0.05, 0) is 61.9 Å². The van der Waals surface area contributed by atoms with Crippen molar-refractivity contribution in [1.29, 1.82) is 0 Å². The lowest BCUT2D eigenvalue weighted by Gasteiger charge is -2.44. The minimum absolute atomic E-state index is 0.110. The van der Waals surface area contributed by atoms with Gasteiger partial charge < -0.3 is 19.2 Å². The summed E-state index contributed by atoms with van der Waals surface area (Å²) in [6.45, 7) is 7.65. The number of benzene rings is 1. The van der Waals surface area contributed by atoms with Crippen LogP contribution in [0.25, 0.3) is 11.5 Å². The maximum atomic E-state index is 13.6. The summed E-state index contributed by atoms with van der Waals surface area (Å²) in [7, 11) is 0. The van der Waals surface area contributed by atoms with Gasteiger partial charge in [-0.15, -0.1) is 0 Å². The Hall–Kier alpha value is -3.28. The van der Waals surface area contributed by atoms with Crippen LogP contribution in [0.1, 0.15) is 49.7 Å². The molecule has 1 aromatic carbocycles. The van der Waals surface area contributed by atoms with Crippen LogP contribution in [-0.4, -0.2) is 39.9 Å². The molecule has 0 radical (unpaired) electrons. The molecular weight excluding hydrogens is 414 g/mol. The Morgan fingerprint density at radius 3 is 2.55 bits per heavy atom. The third-order valence-electron chi connectivity index (χ3n) is 6.47. The predicted molar refractivity (Wildman–Crippen MR) is 129 cm³/mol. The molecular formula is C27H33N3O3. The Balaban J connectivity index is 1.60. The summed E-state index contributed by atoms with van der Waals surface area (Å²) < 4.78 is 7.52. The van der Waals surface area contributed by atoms with Gasteiger partial charge in [-0.2, -0.15) is 0 Å². The summed E-state index contributed by atoms with van der Waals surface area (Å²) in [5.41, 5.74) is 1.65. The summed E-state index contributed by atoms with van der Waals surface area (Å²) in [6.07, 6.45) is 4.16. The summed E-state index contributed by atoms with van der Waals surface area (Å²) in [6, 6.07) is 17.7. The highest BCUT2D eigenvalue weighted by molar-refractivity contribution is 6.00. The van der Waals surface area contributed by atoms with Crippen molar-refractivity contribution < 1.29 is 14.0 Å². The SMILES string of the molecule is CC(C)CCNC(=O)[C@@]1(C)Cn2c(ccc2-c2ccco2)C(=O)N1CCCc1ccccc1. The van der Waals surface area contributed by atoms with Crippen LogP contribution in [0.4, 0.5) is 0 Å². The molecule has 0 saturated heterocycles. The number of nitrogens with one attached hydrogen (secondary N) is 1. The van der Waals surface area contributed by atoms with E-state index in [-0.39, 0.29) is 11.8 Å². The average molecular weight is 448 g/mol. The molecule has 6 heteroatoms. The minimum Gasteiger partial charge on any atom is -0.463 e. The molecule has 1 atom stereocenters. The third-order valence-corrected chi connectivity index (χ3v) is 6.47. The van der Waals surface area contributed by atoms with Crippen LogP contribution in [0.15, 0.2) is 65.3 Å². The van der Waals surface area contributed by atoms with Crippen LogP contribution in [0, 0.1) is 5.92 Å². The van der Waals surface area contributed by atoms with Crippen LogP contribution >= 0.6 is 0 Å². The lowest BCUT2D eigenvalue weighted by Crippen LogP contribution is -2.64. The first-order chi connectivity index (χ1) is 15.9. The standard InChI is InChI=1S/C27H33N3O3/c1-20(2)15-16-28-26(32)27(3)19-29-22(24-12-8-18-33-24)13-14-23(29)25(31)30(27)17-7-11-21-9-5-4-6-10-21/h4-6,8-10,12-14,18,20H,7,11,15-17,19H2,1-3H3,(H,28,32)/t27-/m1/s1. The summed E-state index contributed by atoms with van der Waals surface area (Å²) >= 11 is 0. The van der Waals surface area contributed by atoms with Crippen LogP contribution in [-0.2, 0) is 17.8 Å². The molecule has 0 bridgehead atoms. The fraction of sp³-hybridized carbons (Fsp3) is 0.407. The van der Waals surface area contributed by atoms with Crippen LogP contribution < -0.4 is 5.32 Å². The molecule has 2 amide bonds. The molecule has 0 fully saturated rings. The number of carbonyl (C=O) groups is 2. The second kappa shape index (κ2) is 9.69. The van der Waals surface area contributed by atoms with Crippen molar-refractivity contribution in [3.63, 3.8) is 0 Å². The van der Waals surface area contributed by atoms with Crippen molar-refractivity contribution in [1.82, 2.24) is 14.8 Å². The molecule has 0 aliphatic carbocycles. The van der Waals surface area contributed by atoms with E-state index in [4.69, 9.17) is 4.42 Å². The summed E-state index contributed by atoms with van der Waals surface area (Å²) in [4.78, 5) is 28.9. The second-order valence-electron chi connectivity index (χ2n) is 9.43. The van der Waals surface area contributed by atoms with Gasteiger partial charge in [0.1, 0.15) is 17.0 Å². The zero-order valence-corrected chi connectivity index (χ0v) is 19.7. The van der Waals surface area contributed by atoms with E-state index in [1.54, 1.807) is 11.2 Å². The number of nitrogens with zero attached hydrogens (tertiary/aromatic N) is 2. The molecule has 4 rings (SSSR count). The quantitative estimate of drug-likeness (QED) is 0.514. The van der Waals surface area contributed by atoms with E-state index in [1.807, 2.05) is 54.0 Å². The number of furan rings is 1. The first-order valence-electron chi connectivity index (χ1n) is 11.8. The molecule has 1 aliphatic heterocycles. The van der Waals surface area contributed by atoms with Gasteiger partial charge in [0.05, 0.1) is 18.5 Å². The summed E-state index contributed by atoms with van der Waals surface area (Å²) in [5.74, 6) is 0.957. The number of carbonyl (C=O) groups excluding carboxylic acids is 2. The summed E-state index contributed by atoms with van der Waals surface area (Å²) in [5, 5.41) is 3.09. The molecule has 0 spiro atoms. The molecule has 6 nitrogen and oxygen atoms in total. The molecule has 33 heavy (non-hydrogen) atoms. The van der Waals surface area contributed by atoms with E-state index in [0.717, 1.165) is 25.0 Å². The van der Waals surface area contributed by atoms with E-state index >= 15 is 0 Å². The fourth-order valence-electron chi connectivity index (χ4n) is 4.51. The first kappa shape index (κ1) is 22.9. The number of hydrogen-bond acceptors (Lipinski definition) is 3. The molecule has 3 heterocycles. The molecule has 174 valence electrons. The van der Waals surface area contributed by atoms with Crippen LogP contribution in [0.3, 0.4) is 0 Å². The van der Waals surface area contributed by atoms with Crippen molar-refractivity contribution in [2.24, 2.45) is 5.92 Å². The highest BCUT2D eigenvalue weighted by Gasteiger charge is 2.47. The van der Waals surface area contributed by atoms with Gasteiger partial charge >= 0.3 is 0 Å². The largest absolute Gasteiger partial charge is 0.463 e. The second-order valence-corrected chi connectivity index (χ2v) is 9.43. The Kier molecular flexibility index (Phi) is 6.72. The lowest BCUT2D eigenvalue weighted by atomic mass is 9.93. The maximum Gasteiger partial charge on any atom is 0.271 e. The molecule has 1 aliphatic rings. The zero-order chi connectivity index (χ0) is 23.4. The van der Waals surface area contributed by atoms with E-state index in [1.165, 1.54) is 5.56 Å². The van der Waals surface area contributed by atoms with E-state index < -0.39 is 5.54 Å². The number of aryl methyl sites for hydroxylation is 1. The Labute approximate surface area is 195 Å². The lowest BCUT2D eigenvalue weighted by molar-refractivity contribution is -0.132. The molecule has 2 aromatic heterocycles. The van der Waals surface area contributed by atoms with Crippen molar-refractivity contribution in [2.45, 2.75) is 52.1 Å². The first-order valence-corrected chi connectivity index (χ1v) is 11.8. The van der Waals surface area contributed by atoms with Gasteiger partial charge in [0.15, 0.2) is 0 Å². The molecule has 0 saturated carbocycles. The third kappa shape index (κ3) is 4.75. The van der Waals surface area contributed by atoms with Gasteiger partial charge in [-0.1, -0.05) is 44.2 Å². The van der Waals surface area contributed by atoms with Gasteiger partial charge in [0, 0.05) is 13.1 Å². The van der Waals surface area contributed by atoms with Crippen molar-refractivity contribution in [3.8, 4) is 11.5 Å². The van der Waals surface area contributed by atoms with E-state index in [2.05, 4.69) is 31.3 Å². The predicted octanol–water partition coefficient (Wildman–Crippen LogP) is 4.76. The molecule has 0 unspecified atom stereocenters. The molecule has 1 N–H and O–H groups in total. The van der Waals surface area contributed by atoms with Gasteiger partial charge in [-0.3, -0.25) is 9.59 Å². The van der Waals surface area contributed by atoms with Gasteiger partial charge in [0.25, 0.3) is 5.91 Å². The van der Waals surface area contributed by atoms with E-state index in [9.17, 15) is 9.59 Å². The maximum absolute atomic E-state index is 13.6. The topological polar surface area (TPSA) is 67.5 Å². The number of rotatable bonds is 9. The number of fused-ring (bicyclic) bond motifs is 1. The number of amides is 2. The molecule has 3 aromatic rings. The van der Waals surface area contributed by atoms with Gasteiger partial charge in [0.2, 0.25) is 5.91 Å². The smallest absolute Gasteiger partial charge is 0.271 e. The van der Waals surface area contributed by atoms with Crippen molar-refractivity contribution >= 4 is 11.8 Å². The Bertz CT molecular complexity index is 1090. The Morgan fingerprint density at radius 2 is 1.85 bits per heavy atom. The monoisotopic (exact) mass is 447 g/mol. The average Bonchev–Trinajstić information content (AvgIpc) is 3.46. The fourth-order valence-corrected chi connectivity index (χ4v) is 4.51. The van der Waals surface area contributed by atoms with Crippen molar-refractivity contribution in [2.75, 3.05) is 13.1 Å².